The zero-order valence-corrected chi connectivity index (χ0v) is 10.5. The number of ether oxygens (including phenoxy) is 1. The number of benzene rings is 1. The van der Waals surface area contributed by atoms with E-state index in [-0.39, 0.29) is 12.1 Å². The molecule has 0 radical (unpaired) electrons. The predicted octanol–water partition coefficient (Wildman–Crippen LogP) is 1.72. The third-order valence-corrected chi connectivity index (χ3v) is 4.12. The van der Waals surface area contributed by atoms with E-state index >= 15 is 0 Å². The summed E-state index contributed by atoms with van der Waals surface area (Å²) in [6, 6.07) is 8.26. The highest BCUT2D eigenvalue weighted by Gasteiger charge is 2.43. The molecule has 2 N–H and O–H groups in total. The second-order valence-corrected chi connectivity index (χ2v) is 5.19. The lowest BCUT2D eigenvalue weighted by Crippen LogP contribution is -2.42. The Morgan fingerprint density at radius 1 is 1.22 bits per heavy atom. The van der Waals surface area contributed by atoms with Crippen molar-refractivity contribution in [2.45, 2.75) is 25.1 Å². The molecule has 2 aliphatic carbocycles. The molecule has 3 nitrogen and oxygen atoms in total. The van der Waals surface area contributed by atoms with Crippen molar-refractivity contribution in [1.29, 1.82) is 0 Å². The molecule has 1 aromatic carbocycles. The van der Waals surface area contributed by atoms with Crippen LogP contribution in [0.15, 0.2) is 36.4 Å². The molecule has 18 heavy (non-hydrogen) atoms. The van der Waals surface area contributed by atoms with Crippen molar-refractivity contribution in [2.24, 2.45) is 11.8 Å². The van der Waals surface area contributed by atoms with Crippen LogP contribution in [0.5, 0.6) is 5.75 Å². The Balaban J connectivity index is 1.59. The predicted molar refractivity (Wildman–Crippen MR) is 70.4 cm³/mol. The van der Waals surface area contributed by atoms with Crippen LogP contribution in [0.3, 0.4) is 0 Å². The maximum atomic E-state index is 10.1. The molecule has 0 spiro atoms. The summed E-state index contributed by atoms with van der Waals surface area (Å²) < 4.78 is 5.13. The van der Waals surface area contributed by atoms with Gasteiger partial charge in [0.05, 0.1) is 13.2 Å². The highest BCUT2D eigenvalue weighted by molar-refractivity contribution is 5.27. The lowest BCUT2D eigenvalue weighted by atomic mass is 9.98. The van der Waals surface area contributed by atoms with Crippen LogP contribution in [0.1, 0.15) is 12.0 Å². The molecule has 2 bridgehead atoms. The van der Waals surface area contributed by atoms with Gasteiger partial charge in [-0.2, -0.15) is 0 Å². The molecule has 3 heteroatoms. The second-order valence-electron chi connectivity index (χ2n) is 5.19. The molecule has 1 fully saturated rings. The first kappa shape index (κ1) is 11.8. The molecule has 0 saturated heterocycles. The van der Waals surface area contributed by atoms with Crippen LogP contribution in [0, 0.1) is 11.8 Å². The smallest absolute Gasteiger partial charge is 0.118 e. The van der Waals surface area contributed by atoms with Gasteiger partial charge in [0.1, 0.15) is 5.75 Å². The summed E-state index contributed by atoms with van der Waals surface area (Å²) in [6.45, 7) is 0.794. The number of aliphatic hydroxyl groups excluding tert-OH is 1. The molecular weight excluding hydrogens is 226 g/mol. The molecule has 1 aromatic rings. The van der Waals surface area contributed by atoms with E-state index in [1.54, 1.807) is 7.11 Å². The van der Waals surface area contributed by atoms with E-state index in [2.05, 4.69) is 29.6 Å². The molecule has 0 aromatic heterocycles. The summed E-state index contributed by atoms with van der Waals surface area (Å²) in [7, 11) is 1.67. The van der Waals surface area contributed by atoms with Gasteiger partial charge in [0, 0.05) is 18.5 Å². The number of fused-ring (bicyclic) bond motifs is 2. The van der Waals surface area contributed by atoms with Gasteiger partial charge in [-0.15, -0.1) is 0 Å². The first-order valence-electron chi connectivity index (χ1n) is 6.50. The molecular formula is C15H19NO2. The van der Waals surface area contributed by atoms with E-state index < -0.39 is 0 Å². The SMILES string of the molecule is COc1ccc(CNC2C3C=CC(C3)C2O)cc1. The molecule has 0 heterocycles. The summed E-state index contributed by atoms with van der Waals surface area (Å²) in [5.74, 6) is 1.74. The Bertz CT molecular complexity index is 440. The third kappa shape index (κ3) is 2.04. The Labute approximate surface area is 107 Å². The maximum Gasteiger partial charge on any atom is 0.118 e. The van der Waals surface area contributed by atoms with Crippen LogP contribution in [-0.2, 0) is 6.54 Å². The van der Waals surface area contributed by atoms with Gasteiger partial charge in [-0.3, -0.25) is 0 Å². The van der Waals surface area contributed by atoms with E-state index in [1.165, 1.54) is 5.56 Å². The largest absolute Gasteiger partial charge is 0.497 e. The van der Waals surface area contributed by atoms with Crippen molar-refractivity contribution < 1.29 is 9.84 Å². The van der Waals surface area contributed by atoms with Gasteiger partial charge >= 0.3 is 0 Å². The van der Waals surface area contributed by atoms with E-state index in [1.807, 2.05) is 12.1 Å². The molecule has 0 amide bonds. The van der Waals surface area contributed by atoms with Gasteiger partial charge in [-0.1, -0.05) is 24.3 Å². The van der Waals surface area contributed by atoms with Crippen LogP contribution in [-0.4, -0.2) is 24.4 Å². The summed E-state index contributed by atoms with van der Waals surface area (Å²) in [6.07, 6.45) is 5.27. The zero-order chi connectivity index (χ0) is 12.5. The molecule has 4 unspecified atom stereocenters. The minimum absolute atomic E-state index is 0.210. The number of nitrogens with one attached hydrogen (secondary N) is 1. The number of hydrogen-bond acceptors (Lipinski definition) is 3. The monoisotopic (exact) mass is 245 g/mol. The lowest BCUT2D eigenvalue weighted by molar-refractivity contribution is 0.114. The van der Waals surface area contributed by atoms with E-state index in [4.69, 9.17) is 4.74 Å². The molecule has 3 rings (SSSR count). The minimum atomic E-state index is -0.224. The number of methoxy groups -OCH3 is 1. The summed E-state index contributed by atoms with van der Waals surface area (Å²) >= 11 is 0. The fourth-order valence-corrected chi connectivity index (χ4v) is 3.05. The van der Waals surface area contributed by atoms with E-state index in [9.17, 15) is 5.11 Å². The number of aliphatic hydroxyl groups is 1. The van der Waals surface area contributed by atoms with Crippen LogP contribution < -0.4 is 10.1 Å². The quantitative estimate of drug-likeness (QED) is 0.794. The van der Waals surface area contributed by atoms with Crippen LogP contribution in [0.25, 0.3) is 0 Å². The van der Waals surface area contributed by atoms with Crippen molar-refractivity contribution in [3.63, 3.8) is 0 Å². The van der Waals surface area contributed by atoms with Crippen LogP contribution in [0.4, 0.5) is 0 Å². The Morgan fingerprint density at radius 2 is 1.94 bits per heavy atom. The second kappa shape index (κ2) is 4.75. The first-order chi connectivity index (χ1) is 8.78. The standard InChI is InChI=1S/C15H19NO2/c1-18-13-6-2-10(3-7-13)9-16-14-11-4-5-12(8-11)15(14)17/h2-7,11-12,14-17H,8-9H2,1H3. The highest BCUT2D eigenvalue weighted by atomic mass is 16.5. The van der Waals surface area contributed by atoms with Gasteiger partial charge in [0.2, 0.25) is 0 Å². The average Bonchev–Trinajstić information content (AvgIpc) is 2.99. The summed E-state index contributed by atoms with van der Waals surface area (Å²) in [5, 5.41) is 13.6. The van der Waals surface area contributed by atoms with E-state index in [0.29, 0.717) is 11.8 Å². The summed E-state index contributed by atoms with van der Waals surface area (Å²) in [4.78, 5) is 0. The number of rotatable bonds is 4. The van der Waals surface area contributed by atoms with Crippen LogP contribution in [0.2, 0.25) is 0 Å². The maximum absolute atomic E-state index is 10.1. The molecule has 1 saturated carbocycles. The van der Waals surface area contributed by atoms with Gasteiger partial charge in [-0.05, 0) is 30.0 Å². The van der Waals surface area contributed by atoms with Gasteiger partial charge in [0.25, 0.3) is 0 Å². The fraction of sp³-hybridized carbons (Fsp3) is 0.467. The van der Waals surface area contributed by atoms with Crippen molar-refractivity contribution in [3.8, 4) is 5.75 Å². The van der Waals surface area contributed by atoms with Gasteiger partial charge in [-0.25, -0.2) is 0 Å². The Kier molecular flexibility index (Phi) is 3.10. The summed E-state index contributed by atoms with van der Waals surface area (Å²) in [5.41, 5.74) is 1.22. The van der Waals surface area contributed by atoms with Crippen molar-refractivity contribution in [3.05, 3.63) is 42.0 Å². The van der Waals surface area contributed by atoms with Crippen molar-refractivity contribution in [2.75, 3.05) is 7.11 Å². The topological polar surface area (TPSA) is 41.5 Å². The fourth-order valence-electron chi connectivity index (χ4n) is 3.05. The van der Waals surface area contributed by atoms with Crippen molar-refractivity contribution >= 4 is 0 Å². The Hall–Kier alpha value is -1.32. The third-order valence-electron chi connectivity index (χ3n) is 4.12. The highest BCUT2D eigenvalue weighted by Crippen LogP contribution is 2.39. The van der Waals surface area contributed by atoms with Gasteiger partial charge in [0.15, 0.2) is 0 Å². The first-order valence-corrected chi connectivity index (χ1v) is 6.50. The minimum Gasteiger partial charge on any atom is -0.497 e. The lowest BCUT2D eigenvalue weighted by Gasteiger charge is -2.25. The van der Waals surface area contributed by atoms with Crippen LogP contribution >= 0.6 is 0 Å². The van der Waals surface area contributed by atoms with E-state index in [0.717, 1.165) is 18.7 Å². The molecule has 2 aliphatic rings. The molecule has 96 valence electrons. The average molecular weight is 245 g/mol. The number of hydrogen-bond donors (Lipinski definition) is 2. The van der Waals surface area contributed by atoms with Crippen molar-refractivity contribution in [1.82, 2.24) is 5.32 Å². The zero-order valence-electron chi connectivity index (χ0n) is 10.5. The normalized spacial score (nSPS) is 33.0. The van der Waals surface area contributed by atoms with Gasteiger partial charge < -0.3 is 15.2 Å². The molecule has 0 aliphatic heterocycles. The molecule has 4 atom stereocenters. The Morgan fingerprint density at radius 3 is 2.56 bits per heavy atom.